The van der Waals surface area contributed by atoms with Crippen molar-refractivity contribution in [3.8, 4) is 0 Å². The van der Waals surface area contributed by atoms with Gasteiger partial charge >= 0.3 is 0 Å². The number of nitrogens with two attached hydrogens (primary N) is 1. The van der Waals surface area contributed by atoms with Gasteiger partial charge in [-0.05, 0) is 37.6 Å². The summed E-state index contributed by atoms with van der Waals surface area (Å²) in [5.41, 5.74) is 6.37. The van der Waals surface area contributed by atoms with Gasteiger partial charge in [-0.1, -0.05) is 24.3 Å². The summed E-state index contributed by atoms with van der Waals surface area (Å²) in [6.45, 7) is 0.767. The van der Waals surface area contributed by atoms with Gasteiger partial charge in [-0.2, -0.15) is 0 Å². The number of rotatable bonds is 6. The highest BCUT2D eigenvalue weighted by Crippen LogP contribution is 2.28. The molecule has 6 nitrogen and oxygen atoms in total. The van der Waals surface area contributed by atoms with Gasteiger partial charge in [0.15, 0.2) is 11.6 Å². The van der Waals surface area contributed by atoms with E-state index in [9.17, 15) is 18.0 Å². The minimum Gasteiger partial charge on any atom is -0.330 e. The van der Waals surface area contributed by atoms with E-state index in [1.54, 1.807) is 24.3 Å². The number of fused-ring (bicyclic) bond motifs is 2. The number of sulfonamides is 1. The highest BCUT2D eigenvalue weighted by Gasteiger charge is 2.30. The van der Waals surface area contributed by atoms with Gasteiger partial charge in [0.25, 0.3) is 0 Å². The summed E-state index contributed by atoms with van der Waals surface area (Å²) in [6, 6.07) is 10.6. The molecule has 1 aliphatic carbocycles. The lowest BCUT2D eigenvalue weighted by atomic mass is 9.84. The molecule has 7 heteroatoms. The monoisotopic (exact) mass is 358 g/mol. The number of nitrogens with one attached hydrogen (secondary N) is 1. The number of hydrogen-bond acceptors (Lipinski definition) is 5. The van der Waals surface area contributed by atoms with E-state index < -0.39 is 10.0 Å². The Balaban J connectivity index is 1.95. The SMILES string of the molecule is NCCCCNS(=O)(=O)c1ccc2c(c1)C(=O)c1ccccc1C2=O. The third-order valence-electron chi connectivity index (χ3n) is 4.13. The zero-order valence-electron chi connectivity index (χ0n) is 13.5. The minimum absolute atomic E-state index is 0.0282. The lowest BCUT2D eigenvalue weighted by Gasteiger charge is -2.18. The van der Waals surface area contributed by atoms with Gasteiger partial charge in [0.05, 0.1) is 4.90 Å². The van der Waals surface area contributed by atoms with Crippen LogP contribution in [0.5, 0.6) is 0 Å². The van der Waals surface area contributed by atoms with Gasteiger partial charge < -0.3 is 5.73 Å². The normalized spacial score (nSPS) is 13.5. The first-order chi connectivity index (χ1) is 12.0. The van der Waals surface area contributed by atoms with E-state index in [4.69, 9.17) is 5.73 Å². The Morgan fingerprint density at radius 3 is 2.08 bits per heavy atom. The van der Waals surface area contributed by atoms with E-state index in [-0.39, 0.29) is 34.1 Å². The molecule has 0 atom stereocenters. The van der Waals surface area contributed by atoms with Crippen molar-refractivity contribution in [1.29, 1.82) is 0 Å². The van der Waals surface area contributed by atoms with Crippen molar-refractivity contribution >= 4 is 21.6 Å². The van der Waals surface area contributed by atoms with Crippen molar-refractivity contribution in [3.05, 3.63) is 64.7 Å². The van der Waals surface area contributed by atoms with Crippen LogP contribution in [0.15, 0.2) is 47.4 Å². The van der Waals surface area contributed by atoms with Crippen LogP contribution in [0.4, 0.5) is 0 Å². The number of ketones is 2. The second-order valence-electron chi connectivity index (χ2n) is 5.80. The smallest absolute Gasteiger partial charge is 0.240 e. The topological polar surface area (TPSA) is 106 Å². The lowest BCUT2D eigenvalue weighted by molar-refractivity contribution is 0.0979. The molecule has 0 heterocycles. The number of carbonyl (C=O) groups excluding carboxylic acids is 2. The fraction of sp³-hybridized carbons (Fsp3) is 0.222. The number of hydrogen-bond donors (Lipinski definition) is 2. The molecule has 0 aliphatic heterocycles. The summed E-state index contributed by atoms with van der Waals surface area (Å²) < 4.78 is 27.2. The van der Waals surface area contributed by atoms with Crippen molar-refractivity contribution < 1.29 is 18.0 Å². The van der Waals surface area contributed by atoms with Gasteiger partial charge in [0.2, 0.25) is 10.0 Å². The largest absolute Gasteiger partial charge is 0.330 e. The Morgan fingerprint density at radius 2 is 1.44 bits per heavy atom. The van der Waals surface area contributed by atoms with Crippen LogP contribution in [-0.4, -0.2) is 33.1 Å². The van der Waals surface area contributed by atoms with E-state index >= 15 is 0 Å². The summed E-state index contributed by atoms with van der Waals surface area (Å²) in [6.07, 6.45) is 1.35. The average molecular weight is 358 g/mol. The van der Waals surface area contributed by atoms with Crippen LogP contribution in [0.2, 0.25) is 0 Å². The molecule has 3 rings (SSSR count). The Hall–Kier alpha value is -2.35. The summed E-state index contributed by atoms with van der Waals surface area (Å²) in [7, 11) is -3.75. The summed E-state index contributed by atoms with van der Waals surface area (Å²) in [5.74, 6) is -0.615. The third kappa shape index (κ3) is 3.26. The van der Waals surface area contributed by atoms with Crippen molar-refractivity contribution in [2.45, 2.75) is 17.7 Å². The summed E-state index contributed by atoms with van der Waals surface area (Å²) in [4.78, 5) is 25.2. The molecule has 0 spiro atoms. The first-order valence-corrected chi connectivity index (χ1v) is 9.46. The minimum atomic E-state index is -3.75. The van der Waals surface area contributed by atoms with Crippen molar-refractivity contribution in [2.75, 3.05) is 13.1 Å². The van der Waals surface area contributed by atoms with E-state index in [2.05, 4.69) is 4.72 Å². The molecule has 0 bridgehead atoms. The molecular weight excluding hydrogens is 340 g/mol. The molecule has 0 amide bonds. The molecule has 0 saturated heterocycles. The molecule has 2 aromatic carbocycles. The number of benzene rings is 2. The third-order valence-corrected chi connectivity index (χ3v) is 5.59. The van der Waals surface area contributed by atoms with Gasteiger partial charge in [-0.25, -0.2) is 13.1 Å². The molecule has 0 radical (unpaired) electrons. The Bertz CT molecular complexity index is 951. The molecule has 3 N–H and O–H groups in total. The zero-order chi connectivity index (χ0) is 18.0. The average Bonchev–Trinajstić information content (AvgIpc) is 2.63. The van der Waals surface area contributed by atoms with Gasteiger partial charge in [0, 0.05) is 28.8 Å². The summed E-state index contributed by atoms with van der Waals surface area (Å²) >= 11 is 0. The van der Waals surface area contributed by atoms with E-state index in [1.165, 1.54) is 18.2 Å². The Morgan fingerprint density at radius 1 is 0.840 bits per heavy atom. The second-order valence-corrected chi connectivity index (χ2v) is 7.57. The van der Waals surface area contributed by atoms with Crippen molar-refractivity contribution in [1.82, 2.24) is 4.72 Å². The van der Waals surface area contributed by atoms with Gasteiger partial charge in [-0.3, -0.25) is 9.59 Å². The first kappa shape index (κ1) is 17.5. The van der Waals surface area contributed by atoms with Crippen molar-refractivity contribution in [3.63, 3.8) is 0 Å². The second kappa shape index (κ2) is 6.87. The fourth-order valence-electron chi connectivity index (χ4n) is 2.80. The fourth-order valence-corrected chi connectivity index (χ4v) is 3.90. The van der Waals surface area contributed by atoms with E-state index in [1.807, 2.05) is 0 Å². The Kier molecular flexibility index (Phi) is 4.80. The maximum absolute atomic E-state index is 12.7. The van der Waals surface area contributed by atoms with Gasteiger partial charge in [0.1, 0.15) is 0 Å². The van der Waals surface area contributed by atoms with Crippen molar-refractivity contribution in [2.24, 2.45) is 5.73 Å². The predicted octanol–water partition coefficient (Wildman–Crippen LogP) is 1.48. The molecule has 0 aromatic heterocycles. The van der Waals surface area contributed by atoms with E-state index in [0.29, 0.717) is 24.1 Å². The maximum Gasteiger partial charge on any atom is 0.240 e. The maximum atomic E-state index is 12.7. The molecule has 130 valence electrons. The van der Waals surface area contributed by atoms with Crippen LogP contribution in [0.25, 0.3) is 0 Å². The van der Waals surface area contributed by atoms with Crippen LogP contribution in [0, 0.1) is 0 Å². The van der Waals surface area contributed by atoms with Crippen LogP contribution < -0.4 is 10.5 Å². The quantitative estimate of drug-likeness (QED) is 0.649. The van der Waals surface area contributed by atoms with Crippen LogP contribution in [-0.2, 0) is 10.0 Å². The predicted molar refractivity (Wildman–Crippen MR) is 93.2 cm³/mol. The molecule has 0 saturated carbocycles. The molecule has 0 fully saturated rings. The standard InChI is InChI=1S/C18H18N2O4S/c19-9-3-4-10-20-25(23,24)12-7-8-15-16(11-12)18(22)14-6-2-1-5-13(14)17(15)21/h1-2,5-8,11,20H,3-4,9-10,19H2. The highest BCUT2D eigenvalue weighted by atomic mass is 32.2. The van der Waals surface area contributed by atoms with Crippen LogP contribution in [0.1, 0.15) is 44.7 Å². The number of carbonyl (C=O) groups is 2. The highest BCUT2D eigenvalue weighted by molar-refractivity contribution is 7.89. The molecule has 25 heavy (non-hydrogen) atoms. The molecule has 0 unspecified atom stereocenters. The number of unbranched alkanes of at least 4 members (excludes halogenated alkanes) is 1. The summed E-state index contributed by atoms with van der Waals surface area (Å²) in [5, 5.41) is 0. The van der Waals surface area contributed by atoms with Crippen LogP contribution in [0.3, 0.4) is 0 Å². The molecule has 2 aromatic rings. The van der Waals surface area contributed by atoms with Gasteiger partial charge in [-0.15, -0.1) is 0 Å². The lowest BCUT2D eigenvalue weighted by Crippen LogP contribution is -2.26. The Labute approximate surface area is 146 Å². The molecular formula is C18H18N2O4S. The zero-order valence-corrected chi connectivity index (χ0v) is 14.3. The molecule has 1 aliphatic rings. The van der Waals surface area contributed by atoms with E-state index in [0.717, 1.165) is 6.42 Å². The van der Waals surface area contributed by atoms with Crippen LogP contribution >= 0.6 is 0 Å². The first-order valence-electron chi connectivity index (χ1n) is 7.98.